The third-order valence-corrected chi connectivity index (χ3v) is 15.9. The lowest BCUT2D eigenvalue weighted by atomic mass is 9.50. The van der Waals surface area contributed by atoms with Crippen molar-refractivity contribution in [3.63, 3.8) is 0 Å². The largest absolute Gasteiger partial charge is 0.478 e. The number of nitrogens with two attached hydrogens (primary N) is 1. The zero-order valence-electron chi connectivity index (χ0n) is 34.0. The molecule has 0 bridgehead atoms. The van der Waals surface area contributed by atoms with Crippen LogP contribution in [-0.2, 0) is 29.6 Å². The Balaban J connectivity index is 0.000000160. The van der Waals surface area contributed by atoms with Gasteiger partial charge in [0.05, 0.1) is 0 Å². The zero-order valence-corrected chi connectivity index (χ0v) is 37.1. The van der Waals surface area contributed by atoms with Crippen molar-refractivity contribution in [3.05, 3.63) is 106 Å². The van der Waals surface area contributed by atoms with Crippen molar-refractivity contribution in [2.45, 2.75) is 130 Å². The van der Waals surface area contributed by atoms with E-state index in [1.54, 1.807) is 12.1 Å². The lowest BCUT2D eigenvalue weighted by molar-refractivity contribution is -0.147. The number of carbonyl (C=O) groups excluding carboxylic acids is 1. The molecular weight excluding hydrogens is 914 g/mol. The lowest BCUT2D eigenvalue weighted by Crippen LogP contribution is -2.44. The maximum Gasteiger partial charge on any atom is 0.348 e. The fourth-order valence-electron chi connectivity index (χ4n) is 9.19. The number of carboxylic acids is 1. The summed E-state index contributed by atoms with van der Waals surface area (Å²) in [6.45, 7) is 0. The summed E-state index contributed by atoms with van der Waals surface area (Å²) in [5, 5.41) is 14.1. The van der Waals surface area contributed by atoms with Crippen LogP contribution in [0.2, 0.25) is 10.0 Å². The molecule has 1 amide bonds. The van der Waals surface area contributed by atoms with Crippen molar-refractivity contribution in [3.8, 4) is 11.5 Å². The van der Waals surface area contributed by atoms with Crippen LogP contribution >= 0.6 is 23.2 Å². The Labute approximate surface area is 381 Å². The van der Waals surface area contributed by atoms with Gasteiger partial charge >= 0.3 is 5.97 Å². The molecule has 0 radical (unpaired) electrons. The SMILES string of the molecule is C.NS(=O)(=O)c1cccc(F)n1.O=C(NS(=O)(=O)c1cccc(F)n1)C1(Oc2cc(Cl)ccc2C2CC3(CCC3)C2)CC1.O=C(O)C1(Oc2cc(Cl)ccc2C2CC3(CCC3)C2)CC1. The zero-order chi connectivity index (χ0) is 45.0. The van der Waals surface area contributed by atoms with Gasteiger partial charge in [0, 0.05) is 35.7 Å². The first-order chi connectivity index (χ1) is 29.7. The molecule has 2 heterocycles. The summed E-state index contributed by atoms with van der Waals surface area (Å²) in [6.07, 6.45) is 14.5. The van der Waals surface area contributed by atoms with Crippen LogP contribution in [0.15, 0.2) is 82.8 Å². The minimum absolute atomic E-state index is 0. The Morgan fingerprint density at radius 2 is 1.09 bits per heavy atom. The van der Waals surface area contributed by atoms with Crippen LogP contribution in [0.3, 0.4) is 0 Å². The van der Waals surface area contributed by atoms with Crippen molar-refractivity contribution in [2.75, 3.05) is 0 Å². The van der Waals surface area contributed by atoms with E-state index in [-0.39, 0.29) is 7.43 Å². The van der Waals surface area contributed by atoms with Gasteiger partial charge in [-0.3, -0.25) is 4.79 Å². The number of nitrogens with one attached hydrogen (secondary N) is 1. The highest BCUT2D eigenvalue weighted by Crippen LogP contribution is 2.64. The molecule has 0 atom stereocenters. The van der Waals surface area contributed by atoms with Gasteiger partial charge in [0.15, 0.2) is 15.7 Å². The minimum atomic E-state index is -4.31. The molecule has 6 aliphatic carbocycles. The fourth-order valence-corrected chi connectivity index (χ4v) is 11.0. The van der Waals surface area contributed by atoms with E-state index in [1.165, 1.54) is 63.5 Å². The van der Waals surface area contributed by atoms with Gasteiger partial charge < -0.3 is 14.6 Å². The summed E-state index contributed by atoms with van der Waals surface area (Å²) >= 11 is 12.3. The number of primary sulfonamides is 1. The Bertz CT molecular complexity index is 2660. The number of hydrogen-bond donors (Lipinski definition) is 3. The molecule has 10 rings (SSSR count). The summed E-state index contributed by atoms with van der Waals surface area (Å²) < 4.78 is 85.6. The molecule has 2 spiro atoms. The van der Waals surface area contributed by atoms with Crippen LogP contribution in [0, 0.1) is 22.7 Å². The smallest absolute Gasteiger partial charge is 0.348 e. The average molecular weight is 964 g/mol. The molecule has 2 aromatic heterocycles. The first kappa shape index (κ1) is 47.5. The summed E-state index contributed by atoms with van der Waals surface area (Å²) in [5.41, 5.74) is 0.934. The van der Waals surface area contributed by atoms with E-state index in [4.69, 9.17) is 32.7 Å². The number of benzene rings is 2. The number of hydrogen-bond acceptors (Lipinski definition) is 10. The molecule has 344 valence electrons. The molecule has 6 fully saturated rings. The van der Waals surface area contributed by atoms with Gasteiger partial charge in [-0.25, -0.2) is 33.0 Å². The number of sulfonamides is 2. The normalized spacial score (nSPS) is 21.2. The van der Waals surface area contributed by atoms with Gasteiger partial charge in [-0.1, -0.05) is 67.7 Å². The van der Waals surface area contributed by atoms with Gasteiger partial charge in [0.2, 0.25) is 17.5 Å². The van der Waals surface area contributed by atoms with Gasteiger partial charge in [0.25, 0.3) is 26.0 Å². The predicted molar refractivity (Wildman–Crippen MR) is 234 cm³/mol. The van der Waals surface area contributed by atoms with Crippen LogP contribution in [0.4, 0.5) is 8.78 Å². The number of carbonyl (C=O) groups is 2. The second-order valence-corrected chi connectivity index (χ2v) is 21.9. The molecular formula is C45H50Cl2F2N4O9S2. The van der Waals surface area contributed by atoms with Crippen molar-refractivity contribution in [1.29, 1.82) is 0 Å². The van der Waals surface area contributed by atoms with E-state index in [0.717, 1.165) is 48.2 Å². The standard InChI is InChI=1S/C22H22ClFN2O4S.C17H19ClO3.C5H5FN2O2S.CH4/c23-15-5-6-16(14-12-21(13-14)7-2-8-21)17(11-15)30-22(9-10-22)20(27)26-31(28,29)19-4-1-3-18(24)25-19;18-12-2-3-13(11-9-16(10-11)4-1-5-16)14(8-12)21-17(6-7-17)15(19)20;6-4-2-1-3-5(8-4)11(7,9)10;/h1,3-6,11,14H,2,7-10,12-13H2,(H,26,27);2-3,8,11H,1,4-7,9-10H2,(H,19,20);1-3H,(H2,7,9,10);1H4. The molecule has 4 aromatic rings. The molecule has 4 N–H and O–H groups in total. The molecule has 19 heteroatoms. The number of aromatic nitrogens is 2. The van der Waals surface area contributed by atoms with Crippen LogP contribution in [0.5, 0.6) is 11.5 Å². The Kier molecular flexibility index (Phi) is 13.2. The molecule has 64 heavy (non-hydrogen) atoms. The number of halogens is 4. The molecule has 0 unspecified atom stereocenters. The van der Waals surface area contributed by atoms with Crippen molar-refractivity contribution >= 4 is 55.1 Å². The first-order valence-corrected chi connectivity index (χ1v) is 24.6. The van der Waals surface area contributed by atoms with E-state index in [2.05, 4.69) is 15.1 Å². The summed E-state index contributed by atoms with van der Waals surface area (Å²) in [7, 11) is -8.19. The van der Waals surface area contributed by atoms with E-state index >= 15 is 0 Å². The van der Waals surface area contributed by atoms with Gasteiger partial charge in [-0.15, -0.1) is 0 Å². The topological polar surface area (TPSA) is 205 Å². The average Bonchev–Trinajstić information content (AvgIpc) is 4.09. The highest BCUT2D eigenvalue weighted by molar-refractivity contribution is 7.90. The van der Waals surface area contributed by atoms with Crippen molar-refractivity contribution in [2.24, 2.45) is 16.0 Å². The van der Waals surface area contributed by atoms with Crippen molar-refractivity contribution < 1.29 is 49.8 Å². The van der Waals surface area contributed by atoms with Crippen LogP contribution in [0.1, 0.15) is 120 Å². The summed E-state index contributed by atoms with van der Waals surface area (Å²) in [6, 6.07) is 17.9. The molecule has 13 nitrogen and oxygen atoms in total. The Morgan fingerprint density at radius 3 is 1.45 bits per heavy atom. The number of amides is 1. The number of rotatable bonds is 11. The van der Waals surface area contributed by atoms with Crippen LogP contribution in [0.25, 0.3) is 0 Å². The highest BCUT2D eigenvalue weighted by atomic mass is 35.5. The third kappa shape index (κ3) is 10.2. The Morgan fingerprint density at radius 1 is 0.672 bits per heavy atom. The van der Waals surface area contributed by atoms with Crippen molar-refractivity contribution in [1.82, 2.24) is 14.7 Å². The minimum Gasteiger partial charge on any atom is -0.478 e. The second-order valence-electron chi connectivity index (χ2n) is 17.9. The summed E-state index contributed by atoms with van der Waals surface area (Å²) in [5.74, 6) is -1.39. The monoisotopic (exact) mass is 962 g/mol. The van der Waals surface area contributed by atoms with Gasteiger partial charge in [-0.05, 0) is 134 Å². The number of aliphatic carboxylic acids is 1. The molecule has 0 aliphatic heterocycles. The maximum atomic E-state index is 13.3. The number of pyridine rings is 2. The second kappa shape index (κ2) is 17.8. The number of ether oxygens (including phenoxy) is 2. The first-order valence-electron chi connectivity index (χ1n) is 20.8. The number of carboxylic acid groups (broad SMARTS) is 1. The third-order valence-electron chi connectivity index (χ3n) is 13.4. The molecule has 0 saturated heterocycles. The molecule has 6 aliphatic rings. The van der Waals surface area contributed by atoms with Crippen LogP contribution < -0.4 is 19.3 Å². The van der Waals surface area contributed by atoms with Crippen LogP contribution in [-0.4, -0.2) is 55.0 Å². The van der Waals surface area contributed by atoms with E-state index < -0.39 is 65.1 Å². The molecule has 2 aromatic carbocycles. The number of nitrogens with zero attached hydrogens (tertiary/aromatic N) is 2. The molecule has 6 saturated carbocycles. The van der Waals surface area contributed by atoms with E-state index in [9.17, 15) is 40.3 Å². The highest BCUT2D eigenvalue weighted by Gasteiger charge is 2.56. The lowest BCUT2D eigenvalue weighted by Gasteiger charge is -2.54. The van der Waals surface area contributed by atoms with E-state index in [1.807, 2.05) is 29.0 Å². The quantitative estimate of drug-likeness (QED) is 0.121. The van der Waals surface area contributed by atoms with E-state index in [0.29, 0.717) is 69.9 Å². The maximum absolute atomic E-state index is 13.3. The van der Waals surface area contributed by atoms with Gasteiger partial charge in [-0.2, -0.15) is 17.2 Å². The Hall–Kier alpha value is -4.42. The fraction of sp³-hybridized carbons (Fsp3) is 0.467. The predicted octanol–water partition coefficient (Wildman–Crippen LogP) is 9.23. The van der Waals surface area contributed by atoms with Gasteiger partial charge in [0.1, 0.15) is 11.5 Å². The summed E-state index contributed by atoms with van der Waals surface area (Å²) in [4.78, 5) is 30.6.